The van der Waals surface area contributed by atoms with Crippen molar-refractivity contribution in [3.05, 3.63) is 42.0 Å². The maximum atomic E-state index is 13.2. The Morgan fingerprint density at radius 3 is 2.66 bits per heavy atom. The molecule has 1 fully saturated rings. The molecule has 2 atom stereocenters. The summed E-state index contributed by atoms with van der Waals surface area (Å²) in [6.45, 7) is 2.66. The fourth-order valence-electron chi connectivity index (χ4n) is 3.89. The number of ether oxygens (including phenoxy) is 5. The molecule has 1 amide bonds. The largest absolute Gasteiger partial charge is 0.497 e. The lowest BCUT2D eigenvalue weighted by molar-refractivity contribution is -0.139. The Balaban J connectivity index is 1.50. The Labute approximate surface area is 170 Å². The molecule has 0 spiro atoms. The van der Waals surface area contributed by atoms with E-state index >= 15 is 0 Å². The highest BCUT2D eigenvalue weighted by Gasteiger charge is 2.35. The van der Waals surface area contributed by atoms with Crippen LogP contribution in [0.3, 0.4) is 0 Å². The van der Waals surface area contributed by atoms with E-state index < -0.39 is 6.10 Å². The molecule has 2 aliphatic rings. The molecule has 4 rings (SSSR count). The summed E-state index contributed by atoms with van der Waals surface area (Å²) >= 11 is 0. The predicted octanol–water partition coefficient (Wildman–Crippen LogP) is 3.56. The highest BCUT2D eigenvalue weighted by atomic mass is 16.7. The van der Waals surface area contributed by atoms with Gasteiger partial charge in [0, 0.05) is 24.2 Å². The molecule has 7 heteroatoms. The Morgan fingerprint density at radius 1 is 1.07 bits per heavy atom. The van der Waals surface area contributed by atoms with Crippen LogP contribution in [-0.4, -0.2) is 44.5 Å². The van der Waals surface area contributed by atoms with E-state index in [0.717, 1.165) is 29.9 Å². The second-order valence-electron chi connectivity index (χ2n) is 7.07. The number of likely N-dealkylation sites (tertiary alicyclic amines) is 1. The fourth-order valence-corrected chi connectivity index (χ4v) is 3.89. The third-order valence-corrected chi connectivity index (χ3v) is 5.34. The van der Waals surface area contributed by atoms with Crippen LogP contribution < -0.4 is 23.7 Å². The van der Waals surface area contributed by atoms with Gasteiger partial charge in [-0.3, -0.25) is 4.79 Å². The second kappa shape index (κ2) is 8.11. The molecule has 154 valence electrons. The summed E-state index contributed by atoms with van der Waals surface area (Å²) < 4.78 is 27.4. The molecular formula is C22H25NO6. The van der Waals surface area contributed by atoms with Gasteiger partial charge in [0.2, 0.25) is 6.79 Å². The van der Waals surface area contributed by atoms with Crippen molar-refractivity contribution in [2.45, 2.75) is 31.9 Å². The molecule has 2 heterocycles. The summed E-state index contributed by atoms with van der Waals surface area (Å²) in [4.78, 5) is 15.0. The SMILES string of the molecule is COc1ccc([C@@H]2CCCN2C(=O)[C@H](C)Oc2ccc3c(c2)OCO3)c(OC)c1. The number of amides is 1. The van der Waals surface area contributed by atoms with Gasteiger partial charge in [0.25, 0.3) is 5.91 Å². The molecule has 2 aromatic rings. The summed E-state index contributed by atoms with van der Waals surface area (Å²) in [5.74, 6) is 3.28. The maximum Gasteiger partial charge on any atom is 0.263 e. The van der Waals surface area contributed by atoms with Crippen LogP contribution in [0.1, 0.15) is 31.4 Å². The van der Waals surface area contributed by atoms with Crippen molar-refractivity contribution in [1.82, 2.24) is 4.90 Å². The first-order chi connectivity index (χ1) is 14.1. The highest BCUT2D eigenvalue weighted by Crippen LogP contribution is 2.39. The third kappa shape index (κ3) is 3.77. The van der Waals surface area contributed by atoms with E-state index in [9.17, 15) is 4.79 Å². The number of benzene rings is 2. The van der Waals surface area contributed by atoms with Gasteiger partial charge < -0.3 is 28.6 Å². The van der Waals surface area contributed by atoms with Crippen LogP contribution in [0.15, 0.2) is 36.4 Å². The molecule has 0 N–H and O–H groups in total. The number of hydrogen-bond acceptors (Lipinski definition) is 6. The van der Waals surface area contributed by atoms with Crippen molar-refractivity contribution in [2.24, 2.45) is 0 Å². The average Bonchev–Trinajstić information content (AvgIpc) is 3.41. The van der Waals surface area contributed by atoms with Gasteiger partial charge in [-0.25, -0.2) is 0 Å². The van der Waals surface area contributed by atoms with E-state index in [1.807, 2.05) is 23.1 Å². The van der Waals surface area contributed by atoms with Crippen LogP contribution >= 0.6 is 0 Å². The number of carbonyl (C=O) groups excluding carboxylic acids is 1. The first-order valence-corrected chi connectivity index (χ1v) is 9.69. The summed E-state index contributed by atoms with van der Waals surface area (Å²) in [6.07, 6.45) is 1.19. The molecule has 0 radical (unpaired) electrons. The lowest BCUT2D eigenvalue weighted by Gasteiger charge is -2.29. The van der Waals surface area contributed by atoms with E-state index in [-0.39, 0.29) is 18.7 Å². The van der Waals surface area contributed by atoms with E-state index in [1.54, 1.807) is 39.3 Å². The van der Waals surface area contributed by atoms with Crippen molar-refractivity contribution in [3.8, 4) is 28.7 Å². The van der Waals surface area contributed by atoms with Gasteiger partial charge in [0.1, 0.15) is 17.2 Å². The van der Waals surface area contributed by atoms with Gasteiger partial charge in [-0.2, -0.15) is 0 Å². The number of fused-ring (bicyclic) bond motifs is 1. The topological polar surface area (TPSA) is 66.5 Å². The standard InChI is InChI=1S/C22H25NO6/c1-14(29-16-7-9-19-21(12-16)28-13-27-19)22(24)23-10-4-5-18(23)17-8-6-15(25-2)11-20(17)26-3/h6-9,11-12,14,18H,4-5,10,13H2,1-3H3/t14-,18-/m0/s1. The minimum Gasteiger partial charge on any atom is -0.497 e. The monoisotopic (exact) mass is 399 g/mol. The lowest BCUT2D eigenvalue weighted by Crippen LogP contribution is -2.40. The maximum absolute atomic E-state index is 13.2. The summed E-state index contributed by atoms with van der Waals surface area (Å²) in [7, 11) is 3.25. The molecule has 0 aromatic heterocycles. The Morgan fingerprint density at radius 2 is 1.86 bits per heavy atom. The molecule has 0 unspecified atom stereocenters. The minimum absolute atomic E-state index is 0.0499. The molecule has 0 saturated carbocycles. The van der Waals surface area contributed by atoms with E-state index in [4.69, 9.17) is 23.7 Å². The lowest BCUT2D eigenvalue weighted by atomic mass is 10.0. The number of methoxy groups -OCH3 is 2. The van der Waals surface area contributed by atoms with Crippen molar-refractivity contribution >= 4 is 5.91 Å². The summed E-state index contributed by atoms with van der Waals surface area (Å²) in [6, 6.07) is 11.0. The first-order valence-electron chi connectivity index (χ1n) is 9.69. The summed E-state index contributed by atoms with van der Waals surface area (Å²) in [5.41, 5.74) is 0.981. The predicted molar refractivity (Wildman–Crippen MR) is 106 cm³/mol. The third-order valence-electron chi connectivity index (χ3n) is 5.34. The first kappa shape index (κ1) is 19.2. The van der Waals surface area contributed by atoms with Crippen molar-refractivity contribution in [3.63, 3.8) is 0 Å². The second-order valence-corrected chi connectivity index (χ2v) is 7.07. The van der Waals surface area contributed by atoms with Gasteiger partial charge in [-0.05, 0) is 44.0 Å². The number of hydrogen-bond donors (Lipinski definition) is 0. The van der Waals surface area contributed by atoms with Crippen LogP contribution in [0.25, 0.3) is 0 Å². The van der Waals surface area contributed by atoms with Crippen LogP contribution in [0.2, 0.25) is 0 Å². The van der Waals surface area contributed by atoms with Crippen molar-refractivity contribution in [1.29, 1.82) is 0 Å². The van der Waals surface area contributed by atoms with E-state index in [2.05, 4.69) is 0 Å². The Hall–Kier alpha value is -3.09. The quantitative estimate of drug-likeness (QED) is 0.740. The van der Waals surface area contributed by atoms with Gasteiger partial charge in [0.05, 0.1) is 20.3 Å². The number of rotatable bonds is 6. The van der Waals surface area contributed by atoms with Crippen LogP contribution in [0.5, 0.6) is 28.7 Å². The summed E-state index contributed by atoms with van der Waals surface area (Å²) in [5, 5.41) is 0. The zero-order valence-corrected chi connectivity index (χ0v) is 16.8. The smallest absolute Gasteiger partial charge is 0.263 e. The highest BCUT2D eigenvalue weighted by molar-refractivity contribution is 5.82. The minimum atomic E-state index is -0.625. The van der Waals surface area contributed by atoms with E-state index in [1.165, 1.54) is 0 Å². The zero-order chi connectivity index (χ0) is 20.4. The number of carbonyl (C=O) groups is 1. The number of nitrogens with zero attached hydrogens (tertiary/aromatic N) is 1. The molecule has 1 saturated heterocycles. The average molecular weight is 399 g/mol. The van der Waals surface area contributed by atoms with E-state index in [0.29, 0.717) is 23.8 Å². The molecular weight excluding hydrogens is 374 g/mol. The van der Waals surface area contributed by atoms with Crippen molar-refractivity contribution < 1.29 is 28.5 Å². The van der Waals surface area contributed by atoms with Crippen molar-refractivity contribution in [2.75, 3.05) is 27.6 Å². The van der Waals surface area contributed by atoms with Gasteiger partial charge in [-0.1, -0.05) is 0 Å². The molecule has 0 bridgehead atoms. The van der Waals surface area contributed by atoms with Crippen LogP contribution in [0.4, 0.5) is 0 Å². The Bertz CT molecular complexity index is 899. The Kier molecular flexibility index (Phi) is 5.38. The molecule has 0 aliphatic carbocycles. The molecule has 2 aliphatic heterocycles. The molecule has 29 heavy (non-hydrogen) atoms. The van der Waals surface area contributed by atoms with Gasteiger partial charge in [0.15, 0.2) is 17.6 Å². The van der Waals surface area contributed by atoms with Gasteiger partial charge in [-0.15, -0.1) is 0 Å². The molecule has 7 nitrogen and oxygen atoms in total. The molecule has 2 aromatic carbocycles. The van der Waals surface area contributed by atoms with Crippen LogP contribution in [-0.2, 0) is 4.79 Å². The zero-order valence-electron chi connectivity index (χ0n) is 16.8. The van der Waals surface area contributed by atoms with Crippen LogP contribution in [0, 0.1) is 0 Å². The normalized spacial score (nSPS) is 18.4. The fraction of sp³-hybridized carbons (Fsp3) is 0.409. The van der Waals surface area contributed by atoms with Gasteiger partial charge >= 0.3 is 0 Å².